The van der Waals surface area contributed by atoms with Gasteiger partial charge in [0.15, 0.2) is 5.96 Å². The molecule has 29 heavy (non-hydrogen) atoms. The number of benzene rings is 1. The van der Waals surface area contributed by atoms with E-state index >= 15 is 0 Å². The van der Waals surface area contributed by atoms with E-state index in [9.17, 15) is 0 Å². The molecule has 3 N–H and O–H groups in total. The first-order valence-electron chi connectivity index (χ1n) is 9.95. The highest BCUT2D eigenvalue weighted by Crippen LogP contribution is 2.14. The number of halogens is 1. The minimum atomic E-state index is 0. The van der Waals surface area contributed by atoms with Gasteiger partial charge in [-0.1, -0.05) is 12.1 Å². The molecule has 0 fully saturated rings. The van der Waals surface area contributed by atoms with Gasteiger partial charge in [0, 0.05) is 38.3 Å². The van der Waals surface area contributed by atoms with Crippen molar-refractivity contribution in [2.75, 3.05) is 13.1 Å². The number of fused-ring (bicyclic) bond motifs is 1. The second-order valence-electron chi connectivity index (χ2n) is 7.23. The molecular weight excluding hydrogens is 477 g/mol. The SMILES string of the molecule is CCNC(=NCCc1nc2ccccc2[nH]1)NC(C)Cc1c(C)nn(C)c1C.I. The van der Waals surface area contributed by atoms with Crippen LogP contribution in [0.1, 0.15) is 36.6 Å². The zero-order valence-electron chi connectivity index (χ0n) is 17.9. The van der Waals surface area contributed by atoms with Crippen LogP contribution in [0.15, 0.2) is 29.3 Å². The number of guanidine groups is 1. The van der Waals surface area contributed by atoms with Crippen LogP contribution in [-0.2, 0) is 19.9 Å². The number of hydrogen-bond donors (Lipinski definition) is 3. The maximum atomic E-state index is 4.72. The van der Waals surface area contributed by atoms with Crippen LogP contribution in [-0.4, -0.2) is 44.8 Å². The molecule has 8 heteroatoms. The van der Waals surface area contributed by atoms with Gasteiger partial charge in [0.2, 0.25) is 0 Å². The molecule has 0 saturated carbocycles. The highest BCUT2D eigenvalue weighted by Gasteiger charge is 2.14. The van der Waals surface area contributed by atoms with Crippen LogP contribution >= 0.6 is 24.0 Å². The van der Waals surface area contributed by atoms with Crippen LogP contribution in [0, 0.1) is 13.8 Å². The Hall–Kier alpha value is -2.10. The van der Waals surface area contributed by atoms with Crippen molar-refractivity contribution in [3.63, 3.8) is 0 Å². The van der Waals surface area contributed by atoms with Crippen molar-refractivity contribution >= 4 is 41.0 Å². The summed E-state index contributed by atoms with van der Waals surface area (Å²) >= 11 is 0. The maximum Gasteiger partial charge on any atom is 0.191 e. The minimum Gasteiger partial charge on any atom is -0.357 e. The van der Waals surface area contributed by atoms with Crippen molar-refractivity contribution in [2.45, 2.75) is 46.6 Å². The second kappa shape index (κ2) is 10.6. The Labute approximate surface area is 189 Å². The Morgan fingerprint density at radius 3 is 2.69 bits per heavy atom. The zero-order valence-corrected chi connectivity index (χ0v) is 20.2. The number of nitrogens with zero attached hydrogens (tertiary/aromatic N) is 4. The van der Waals surface area contributed by atoms with Crippen LogP contribution < -0.4 is 10.6 Å². The van der Waals surface area contributed by atoms with Crippen LogP contribution in [0.25, 0.3) is 11.0 Å². The first-order valence-corrected chi connectivity index (χ1v) is 9.95. The molecule has 0 saturated heterocycles. The smallest absolute Gasteiger partial charge is 0.191 e. The molecule has 1 unspecified atom stereocenters. The Morgan fingerprint density at radius 2 is 2.03 bits per heavy atom. The van der Waals surface area contributed by atoms with Crippen molar-refractivity contribution < 1.29 is 0 Å². The molecule has 1 atom stereocenters. The Kier molecular flexibility index (Phi) is 8.48. The van der Waals surface area contributed by atoms with E-state index in [1.54, 1.807) is 0 Å². The Bertz CT molecular complexity index is 924. The van der Waals surface area contributed by atoms with E-state index in [-0.39, 0.29) is 30.0 Å². The number of hydrogen-bond acceptors (Lipinski definition) is 3. The summed E-state index contributed by atoms with van der Waals surface area (Å²) in [6, 6.07) is 8.35. The van der Waals surface area contributed by atoms with E-state index in [1.165, 1.54) is 11.3 Å². The van der Waals surface area contributed by atoms with Gasteiger partial charge in [-0.2, -0.15) is 5.10 Å². The van der Waals surface area contributed by atoms with Gasteiger partial charge in [0.05, 0.1) is 16.7 Å². The van der Waals surface area contributed by atoms with Crippen molar-refractivity contribution in [3.8, 4) is 0 Å². The molecule has 3 aromatic rings. The molecular formula is C21H32IN7. The predicted octanol–water partition coefficient (Wildman–Crippen LogP) is 3.26. The van der Waals surface area contributed by atoms with E-state index in [4.69, 9.17) is 4.99 Å². The largest absolute Gasteiger partial charge is 0.357 e. The molecule has 158 valence electrons. The molecule has 2 aromatic heterocycles. The summed E-state index contributed by atoms with van der Waals surface area (Å²) in [6.45, 7) is 9.95. The maximum absolute atomic E-state index is 4.72. The Balaban J connectivity index is 0.00000300. The van der Waals surface area contributed by atoms with Gasteiger partial charge in [0.1, 0.15) is 5.82 Å². The summed E-state index contributed by atoms with van der Waals surface area (Å²) in [6.07, 6.45) is 1.69. The second-order valence-corrected chi connectivity index (χ2v) is 7.23. The summed E-state index contributed by atoms with van der Waals surface area (Å²) < 4.78 is 1.95. The number of para-hydroxylation sites is 2. The monoisotopic (exact) mass is 509 g/mol. The average molecular weight is 509 g/mol. The fourth-order valence-electron chi connectivity index (χ4n) is 3.42. The fraction of sp³-hybridized carbons (Fsp3) is 0.476. The lowest BCUT2D eigenvalue weighted by atomic mass is 10.1. The van der Waals surface area contributed by atoms with Crippen molar-refractivity contribution in [1.29, 1.82) is 0 Å². The molecule has 7 nitrogen and oxygen atoms in total. The van der Waals surface area contributed by atoms with Crippen LogP contribution in [0.4, 0.5) is 0 Å². The van der Waals surface area contributed by atoms with Gasteiger partial charge in [-0.25, -0.2) is 4.98 Å². The fourth-order valence-corrected chi connectivity index (χ4v) is 3.42. The summed E-state index contributed by atoms with van der Waals surface area (Å²) in [5.74, 6) is 1.81. The third-order valence-corrected chi connectivity index (χ3v) is 4.95. The molecule has 0 radical (unpaired) electrons. The van der Waals surface area contributed by atoms with Gasteiger partial charge in [-0.3, -0.25) is 9.67 Å². The van der Waals surface area contributed by atoms with Crippen molar-refractivity contribution in [3.05, 3.63) is 47.0 Å². The summed E-state index contributed by atoms with van der Waals surface area (Å²) in [5.41, 5.74) is 5.70. The molecule has 0 amide bonds. The topological polar surface area (TPSA) is 82.9 Å². The number of nitrogens with one attached hydrogen (secondary N) is 3. The highest BCUT2D eigenvalue weighted by atomic mass is 127. The highest BCUT2D eigenvalue weighted by molar-refractivity contribution is 14.0. The lowest BCUT2D eigenvalue weighted by Crippen LogP contribution is -2.43. The third kappa shape index (κ3) is 5.94. The van der Waals surface area contributed by atoms with Gasteiger partial charge < -0.3 is 15.6 Å². The number of aromatic nitrogens is 4. The summed E-state index contributed by atoms with van der Waals surface area (Å²) in [5, 5.41) is 11.4. The van der Waals surface area contributed by atoms with E-state index in [1.807, 2.05) is 36.0 Å². The number of aryl methyl sites for hydroxylation is 2. The number of aromatic amines is 1. The molecule has 3 rings (SSSR count). The minimum absolute atomic E-state index is 0. The molecule has 0 bridgehead atoms. The normalized spacial score (nSPS) is 12.7. The molecule has 2 heterocycles. The van der Waals surface area contributed by atoms with Crippen molar-refractivity contribution in [1.82, 2.24) is 30.4 Å². The van der Waals surface area contributed by atoms with Gasteiger partial charge in [-0.05, 0) is 51.8 Å². The molecule has 0 aliphatic carbocycles. The Morgan fingerprint density at radius 1 is 1.28 bits per heavy atom. The van der Waals surface area contributed by atoms with Crippen LogP contribution in [0.2, 0.25) is 0 Å². The lowest BCUT2D eigenvalue weighted by molar-refractivity contribution is 0.635. The van der Waals surface area contributed by atoms with E-state index in [0.29, 0.717) is 6.54 Å². The van der Waals surface area contributed by atoms with Gasteiger partial charge >= 0.3 is 0 Å². The molecule has 0 aliphatic rings. The number of H-pyrrole nitrogens is 1. The predicted molar refractivity (Wildman–Crippen MR) is 130 cm³/mol. The number of aliphatic imine (C=N–C) groups is 1. The van der Waals surface area contributed by atoms with Gasteiger partial charge in [0.25, 0.3) is 0 Å². The van der Waals surface area contributed by atoms with E-state index in [2.05, 4.69) is 53.4 Å². The first-order chi connectivity index (χ1) is 13.5. The molecule has 0 aliphatic heterocycles. The number of rotatable bonds is 7. The molecule has 1 aromatic carbocycles. The third-order valence-electron chi connectivity index (χ3n) is 4.95. The van der Waals surface area contributed by atoms with E-state index < -0.39 is 0 Å². The van der Waals surface area contributed by atoms with Crippen molar-refractivity contribution in [2.24, 2.45) is 12.0 Å². The van der Waals surface area contributed by atoms with Gasteiger partial charge in [-0.15, -0.1) is 24.0 Å². The average Bonchev–Trinajstić information content (AvgIpc) is 3.17. The summed E-state index contributed by atoms with van der Waals surface area (Å²) in [4.78, 5) is 12.7. The first kappa shape index (κ1) is 23.2. The standard InChI is InChI=1S/C21H31N7.HI/c1-6-22-21(24-14(2)13-17-15(3)27-28(5)16(17)4)23-12-11-20-25-18-9-7-8-10-19(18)26-20;/h7-10,14H,6,11-13H2,1-5H3,(H,25,26)(H2,22,23,24);1H. The number of imidazole rings is 1. The van der Waals surface area contributed by atoms with Crippen LogP contribution in [0.3, 0.4) is 0 Å². The summed E-state index contributed by atoms with van der Waals surface area (Å²) in [7, 11) is 1.99. The lowest BCUT2D eigenvalue weighted by Gasteiger charge is -2.18. The van der Waals surface area contributed by atoms with Crippen LogP contribution in [0.5, 0.6) is 0 Å². The zero-order chi connectivity index (χ0) is 20.1. The molecule has 0 spiro atoms. The van der Waals surface area contributed by atoms with E-state index in [0.717, 1.165) is 47.9 Å². The quantitative estimate of drug-likeness (QED) is 0.260.